The normalized spacial score (nSPS) is 21.3. The van der Waals surface area contributed by atoms with Crippen LogP contribution in [0.4, 0.5) is 8.78 Å². The van der Waals surface area contributed by atoms with E-state index in [1.807, 2.05) is 6.92 Å². The van der Waals surface area contributed by atoms with Gasteiger partial charge in [-0.05, 0) is 30.2 Å². The van der Waals surface area contributed by atoms with Gasteiger partial charge in [0.1, 0.15) is 18.0 Å². The molecular formula is C11H12F2O2. The number of fused-ring (bicyclic) bond motifs is 1. The lowest BCUT2D eigenvalue weighted by Gasteiger charge is -2.10. The van der Waals surface area contributed by atoms with Crippen molar-refractivity contribution in [2.45, 2.75) is 32.0 Å². The van der Waals surface area contributed by atoms with E-state index in [1.165, 1.54) is 6.07 Å². The fourth-order valence-electron chi connectivity index (χ4n) is 1.77. The number of benzene rings is 1. The third-order valence-electron chi connectivity index (χ3n) is 2.50. The standard InChI is InChI=1S/C11H12F2O2/c1-6-4-8-5-7(10(14)11(12)13)2-3-9(8)15-6/h2-3,5-6,10-11,14H,4H2,1H3. The first-order valence-corrected chi connectivity index (χ1v) is 4.83. The molecule has 1 aliphatic heterocycles. The van der Waals surface area contributed by atoms with Gasteiger partial charge in [-0.2, -0.15) is 0 Å². The summed E-state index contributed by atoms with van der Waals surface area (Å²) in [4.78, 5) is 0. The highest BCUT2D eigenvalue weighted by molar-refractivity contribution is 5.41. The molecule has 1 heterocycles. The van der Waals surface area contributed by atoms with Gasteiger partial charge in [0, 0.05) is 6.42 Å². The highest BCUT2D eigenvalue weighted by atomic mass is 19.3. The highest BCUT2D eigenvalue weighted by Crippen LogP contribution is 2.32. The first-order valence-electron chi connectivity index (χ1n) is 4.83. The van der Waals surface area contributed by atoms with Gasteiger partial charge in [-0.25, -0.2) is 8.78 Å². The van der Waals surface area contributed by atoms with Crippen molar-refractivity contribution in [3.63, 3.8) is 0 Å². The second-order valence-electron chi connectivity index (χ2n) is 3.78. The molecule has 0 spiro atoms. The number of aliphatic hydroxyl groups is 1. The van der Waals surface area contributed by atoms with Crippen molar-refractivity contribution in [2.24, 2.45) is 0 Å². The summed E-state index contributed by atoms with van der Waals surface area (Å²) in [6.45, 7) is 1.92. The molecule has 2 rings (SSSR count). The Bertz CT molecular complexity index is 366. The second kappa shape index (κ2) is 3.77. The fraction of sp³-hybridized carbons (Fsp3) is 0.455. The molecule has 0 radical (unpaired) electrons. The summed E-state index contributed by atoms with van der Waals surface area (Å²) in [7, 11) is 0. The Morgan fingerprint density at radius 3 is 2.87 bits per heavy atom. The van der Waals surface area contributed by atoms with Gasteiger partial charge >= 0.3 is 0 Å². The smallest absolute Gasteiger partial charge is 0.268 e. The van der Waals surface area contributed by atoms with Crippen LogP contribution in [-0.2, 0) is 6.42 Å². The Labute approximate surface area is 86.5 Å². The van der Waals surface area contributed by atoms with E-state index in [1.54, 1.807) is 12.1 Å². The van der Waals surface area contributed by atoms with E-state index < -0.39 is 12.5 Å². The van der Waals surface area contributed by atoms with Gasteiger partial charge in [-0.3, -0.25) is 0 Å². The minimum atomic E-state index is -2.75. The summed E-state index contributed by atoms with van der Waals surface area (Å²) < 4.78 is 30.0. The Morgan fingerprint density at radius 1 is 1.47 bits per heavy atom. The van der Waals surface area contributed by atoms with Gasteiger partial charge < -0.3 is 9.84 Å². The van der Waals surface area contributed by atoms with Crippen LogP contribution in [0, 0.1) is 0 Å². The zero-order chi connectivity index (χ0) is 11.0. The maximum Gasteiger partial charge on any atom is 0.268 e. The monoisotopic (exact) mass is 214 g/mol. The molecule has 2 nitrogen and oxygen atoms in total. The molecule has 4 heteroatoms. The van der Waals surface area contributed by atoms with Crippen LogP contribution in [0.3, 0.4) is 0 Å². The third kappa shape index (κ3) is 1.95. The van der Waals surface area contributed by atoms with Crippen LogP contribution in [0.1, 0.15) is 24.2 Å². The molecule has 0 aromatic heterocycles. The first-order chi connectivity index (χ1) is 7.08. The van der Waals surface area contributed by atoms with Gasteiger partial charge in [0.2, 0.25) is 0 Å². The summed E-state index contributed by atoms with van der Waals surface area (Å²) in [5.74, 6) is 0.729. The van der Waals surface area contributed by atoms with E-state index >= 15 is 0 Å². The van der Waals surface area contributed by atoms with Crippen LogP contribution in [0.15, 0.2) is 18.2 Å². The average molecular weight is 214 g/mol. The first kappa shape index (κ1) is 10.4. The van der Waals surface area contributed by atoms with Gasteiger partial charge in [0.15, 0.2) is 0 Å². The van der Waals surface area contributed by atoms with Crippen molar-refractivity contribution in [3.8, 4) is 5.75 Å². The van der Waals surface area contributed by atoms with Gasteiger partial charge in [-0.15, -0.1) is 0 Å². The summed E-state index contributed by atoms with van der Waals surface area (Å²) in [6.07, 6.45) is -3.66. The molecule has 0 aliphatic carbocycles. The molecule has 1 aliphatic rings. The molecule has 82 valence electrons. The molecule has 0 saturated heterocycles. The molecule has 0 saturated carbocycles. The minimum Gasteiger partial charge on any atom is -0.490 e. The SMILES string of the molecule is CC1Cc2cc(C(O)C(F)F)ccc2O1. The summed E-state index contributed by atoms with van der Waals surface area (Å²) in [5.41, 5.74) is 1.14. The summed E-state index contributed by atoms with van der Waals surface area (Å²) >= 11 is 0. The van der Waals surface area contributed by atoms with E-state index in [0.717, 1.165) is 11.3 Å². The Hall–Kier alpha value is -1.16. The maximum atomic E-state index is 12.3. The largest absolute Gasteiger partial charge is 0.490 e. The summed E-state index contributed by atoms with van der Waals surface area (Å²) in [6, 6.07) is 4.71. The maximum absolute atomic E-state index is 12.3. The number of alkyl halides is 2. The van der Waals surface area contributed by atoms with Crippen molar-refractivity contribution < 1.29 is 18.6 Å². The number of ether oxygens (including phenoxy) is 1. The van der Waals surface area contributed by atoms with Crippen LogP contribution < -0.4 is 4.74 Å². The lowest BCUT2D eigenvalue weighted by molar-refractivity contribution is -0.00581. The molecule has 0 amide bonds. The lowest BCUT2D eigenvalue weighted by atomic mass is 10.0. The highest BCUT2D eigenvalue weighted by Gasteiger charge is 2.23. The van der Waals surface area contributed by atoms with E-state index in [9.17, 15) is 13.9 Å². The predicted octanol–water partition coefficient (Wildman–Crippen LogP) is 2.31. The molecule has 2 atom stereocenters. The number of hydrogen-bond donors (Lipinski definition) is 1. The van der Waals surface area contributed by atoms with Crippen LogP contribution >= 0.6 is 0 Å². The molecule has 0 fully saturated rings. The van der Waals surface area contributed by atoms with Crippen LogP contribution in [-0.4, -0.2) is 17.6 Å². The van der Waals surface area contributed by atoms with Crippen molar-refractivity contribution in [2.75, 3.05) is 0 Å². The third-order valence-corrected chi connectivity index (χ3v) is 2.50. The minimum absolute atomic E-state index is 0.0824. The number of hydrogen-bond acceptors (Lipinski definition) is 2. The topological polar surface area (TPSA) is 29.5 Å². The zero-order valence-electron chi connectivity index (χ0n) is 8.28. The van der Waals surface area contributed by atoms with Gasteiger partial charge in [0.05, 0.1) is 0 Å². The van der Waals surface area contributed by atoms with Crippen molar-refractivity contribution >= 4 is 0 Å². The Kier molecular flexibility index (Phi) is 2.61. The quantitative estimate of drug-likeness (QED) is 0.818. The van der Waals surface area contributed by atoms with E-state index in [-0.39, 0.29) is 11.7 Å². The molecule has 1 aromatic carbocycles. The molecule has 0 bridgehead atoms. The number of aliphatic hydroxyl groups excluding tert-OH is 1. The zero-order valence-corrected chi connectivity index (χ0v) is 8.28. The van der Waals surface area contributed by atoms with E-state index in [4.69, 9.17) is 4.74 Å². The number of halogens is 2. The Balaban J connectivity index is 2.27. The molecule has 2 unspecified atom stereocenters. The molecule has 1 aromatic rings. The van der Waals surface area contributed by atoms with Crippen molar-refractivity contribution in [1.82, 2.24) is 0 Å². The summed E-state index contributed by atoms with van der Waals surface area (Å²) in [5, 5.41) is 9.20. The van der Waals surface area contributed by atoms with Crippen molar-refractivity contribution in [3.05, 3.63) is 29.3 Å². The van der Waals surface area contributed by atoms with Crippen LogP contribution in [0.25, 0.3) is 0 Å². The van der Waals surface area contributed by atoms with Crippen molar-refractivity contribution in [1.29, 1.82) is 0 Å². The average Bonchev–Trinajstić information content (AvgIpc) is 2.55. The van der Waals surface area contributed by atoms with E-state index in [2.05, 4.69) is 0 Å². The fourth-order valence-corrected chi connectivity index (χ4v) is 1.77. The van der Waals surface area contributed by atoms with E-state index in [0.29, 0.717) is 6.42 Å². The van der Waals surface area contributed by atoms with Crippen LogP contribution in [0.5, 0.6) is 5.75 Å². The molecule has 15 heavy (non-hydrogen) atoms. The second-order valence-corrected chi connectivity index (χ2v) is 3.78. The lowest BCUT2D eigenvalue weighted by Crippen LogP contribution is -2.08. The predicted molar refractivity (Wildman–Crippen MR) is 51.2 cm³/mol. The van der Waals surface area contributed by atoms with Gasteiger partial charge in [0.25, 0.3) is 6.43 Å². The molecular weight excluding hydrogens is 202 g/mol. The Morgan fingerprint density at radius 2 is 2.20 bits per heavy atom. The van der Waals surface area contributed by atoms with Gasteiger partial charge in [-0.1, -0.05) is 6.07 Å². The van der Waals surface area contributed by atoms with Crippen LogP contribution in [0.2, 0.25) is 0 Å². The number of rotatable bonds is 2. The molecule has 1 N–H and O–H groups in total.